The summed E-state index contributed by atoms with van der Waals surface area (Å²) in [6, 6.07) is 6.58. The second kappa shape index (κ2) is 6.98. The summed E-state index contributed by atoms with van der Waals surface area (Å²) in [7, 11) is -3.53. The highest BCUT2D eigenvalue weighted by Crippen LogP contribution is 2.19. The van der Waals surface area contributed by atoms with Gasteiger partial charge >= 0.3 is 0 Å². The Balaban J connectivity index is 1.59. The first-order valence-electron chi connectivity index (χ1n) is 8.18. The van der Waals surface area contributed by atoms with E-state index >= 15 is 0 Å². The molecule has 2 aliphatic rings. The third-order valence-electron chi connectivity index (χ3n) is 4.55. The van der Waals surface area contributed by atoms with E-state index in [0.29, 0.717) is 12.1 Å². The first-order valence-corrected chi connectivity index (χ1v) is 9.67. The van der Waals surface area contributed by atoms with Crippen LogP contribution in [0.5, 0.6) is 0 Å². The Labute approximate surface area is 137 Å². The summed E-state index contributed by atoms with van der Waals surface area (Å²) in [5, 5.41) is 6.19. The minimum atomic E-state index is -3.53. The summed E-state index contributed by atoms with van der Waals surface area (Å²) >= 11 is 0. The van der Waals surface area contributed by atoms with Gasteiger partial charge in [-0.25, -0.2) is 13.1 Å². The van der Waals surface area contributed by atoms with Crippen LogP contribution in [0.15, 0.2) is 29.2 Å². The van der Waals surface area contributed by atoms with Crippen molar-refractivity contribution in [2.24, 2.45) is 0 Å². The van der Waals surface area contributed by atoms with Gasteiger partial charge in [-0.3, -0.25) is 4.79 Å². The number of benzene rings is 1. The molecule has 2 fully saturated rings. The molecule has 23 heavy (non-hydrogen) atoms. The number of carbonyl (C=O) groups excluding carboxylic acids is 1. The largest absolute Gasteiger partial charge is 0.349 e. The van der Waals surface area contributed by atoms with Crippen molar-refractivity contribution in [3.05, 3.63) is 29.8 Å². The molecule has 1 heterocycles. The van der Waals surface area contributed by atoms with E-state index in [0.717, 1.165) is 38.6 Å². The van der Waals surface area contributed by atoms with Crippen LogP contribution in [-0.4, -0.2) is 39.5 Å². The predicted molar refractivity (Wildman–Crippen MR) is 87.8 cm³/mol. The molecule has 0 bridgehead atoms. The molecule has 126 valence electrons. The van der Waals surface area contributed by atoms with Crippen molar-refractivity contribution in [1.82, 2.24) is 15.4 Å². The zero-order valence-corrected chi connectivity index (χ0v) is 13.9. The Hall–Kier alpha value is -1.44. The lowest BCUT2D eigenvalue weighted by Gasteiger charge is -2.26. The zero-order chi connectivity index (χ0) is 16.3. The Kier molecular flexibility index (Phi) is 4.99. The molecule has 1 aromatic carbocycles. The molecule has 0 radical (unpaired) electrons. The molecule has 0 spiro atoms. The van der Waals surface area contributed by atoms with Gasteiger partial charge in [-0.1, -0.05) is 0 Å². The van der Waals surface area contributed by atoms with Crippen LogP contribution >= 0.6 is 0 Å². The summed E-state index contributed by atoms with van der Waals surface area (Å²) in [4.78, 5) is 12.2. The zero-order valence-electron chi connectivity index (χ0n) is 13.0. The minimum Gasteiger partial charge on any atom is -0.349 e. The third-order valence-corrected chi connectivity index (χ3v) is 5.99. The fourth-order valence-electron chi connectivity index (χ4n) is 2.83. The van der Waals surface area contributed by atoms with Gasteiger partial charge in [-0.05, 0) is 62.9 Å². The van der Waals surface area contributed by atoms with Gasteiger partial charge in [0.1, 0.15) is 0 Å². The van der Waals surface area contributed by atoms with Crippen molar-refractivity contribution < 1.29 is 13.2 Å². The molecule has 1 aliphatic heterocycles. The van der Waals surface area contributed by atoms with Crippen LogP contribution < -0.4 is 15.4 Å². The van der Waals surface area contributed by atoms with Crippen LogP contribution in [0, 0.1) is 0 Å². The average Bonchev–Trinajstić information content (AvgIpc) is 3.02. The molecule has 7 heteroatoms. The number of sulfonamides is 1. The van der Waals surface area contributed by atoms with Crippen LogP contribution in [-0.2, 0) is 10.0 Å². The number of hydrogen-bond donors (Lipinski definition) is 3. The van der Waals surface area contributed by atoms with E-state index in [1.807, 2.05) is 0 Å². The Morgan fingerprint density at radius 2 is 1.87 bits per heavy atom. The SMILES string of the molecule is O=C(NC1CCC1)c1ccc(S(=O)(=O)NCC2CCCN2)cc1. The monoisotopic (exact) mass is 337 g/mol. The van der Waals surface area contributed by atoms with Crippen molar-refractivity contribution in [1.29, 1.82) is 0 Å². The lowest BCUT2D eigenvalue weighted by molar-refractivity contribution is 0.0917. The van der Waals surface area contributed by atoms with Crippen LogP contribution in [0.3, 0.4) is 0 Å². The van der Waals surface area contributed by atoms with E-state index in [-0.39, 0.29) is 22.9 Å². The molecule has 1 unspecified atom stereocenters. The van der Waals surface area contributed by atoms with Gasteiger partial charge in [0, 0.05) is 24.2 Å². The summed E-state index contributed by atoms with van der Waals surface area (Å²) in [6.07, 6.45) is 5.28. The van der Waals surface area contributed by atoms with Gasteiger partial charge in [0.2, 0.25) is 10.0 Å². The van der Waals surface area contributed by atoms with E-state index < -0.39 is 10.0 Å². The number of hydrogen-bond acceptors (Lipinski definition) is 4. The van der Waals surface area contributed by atoms with Crippen LogP contribution in [0.25, 0.3) is 0 Å². The second-order valence-corrected chi connectivity index (χ2v) is 8.04. The second-order valence-electron chi connectivity index (χ2n) is 6.27. The Morgan fingerprint density at radius 1 is 1.13 bits per heavy atom. The van der Waals surface area contributed by atoms with Gasteiger partial charge in [0.05, 0.1) is 4.90 Å². The molecule has 3 N–H and O–H groups in total. The number of carbonyl (C=O) groups is 1. The quantitative estimate of drug-likeness (QED) is 0.723. The number of nitrogens with one attached hydrogen (secondary N) is 3. The van der Waals surface area contributed by atoms with E-state index in [1.165, 1.54) is 12.1 Å². The van der Waals surface area contributed by atoms with Gasteiger partial charge < -0.3 is 10.6 Å². The molecule has 1 aliphatic carbocycles. The Bertz CT molecular complexity index is 648. The molecule has 1 amide bonds. The van der Waals surface area contributed by atoms with Crippen molar-refractivity contribution in [2.45, 2.75) is 49.1 Å². The topological polar surface area (TPSA) is 87.3 Å². The van der Waals surface area contributed by atoms with Crippen LogP contribution in [0.1, 0.15) is 42.5 Å². The maximum absolute atomic E-state index is 12.3. The molecule has 0 aromatic heterocycles. The molecular formula is C16H23N3O3S. The number of amides is 1. The van der Waals surface area contributed by atoms with Crippen LogP contribution in [0.2, 0.25) is 0 Å². The molecule has 1 saturated carbocycles. The van der Waals surface area contributed by atoms with Gasteiger partial charge in [-0.15, -0.1) is 0 Å². The van der Waals surface area contributed by atoms with Gasteiger partial charge in [0.25, 0.3) is 5.91 Å². The molecule has 3 rings (SSSR count). The fraction of sp³-hybridized carbons (Fsp3) is 0.562. The van der Waals surface area contributed by atoms with E-state index in [1.54, 1.807) is 12.1 Å². The summed E-state index contributed by atoms with van der Waals surface area (Å²) in [5.74, 6) is -0.137. The first kappa shape index (κ1) is 16.4. The van der Waals surface area contributed by atoms with Gasteiger partial charge in [-0.2, -0.15) is 0 Å². The lowest BCUT2D eigenvalue weighted by atomic mass is 9.93. The molecule has 1 aromatic rings. The average molecular weight is 337 g/mol. The Morgan fingerprint density at radius 3 is 2.43 bits per heavy atom. The summed E-state index contributed by atoms with van der Waals surface area (Å²) in [5.41, 5.74) is 0.494. The number of rotatable bonds is 6. The van der Waals surface area contributed by atoms with Crippen molar-refractivity contribution in [3.63, 3.8) is 0 Å². The molecule has 6 nitrogen and oxygen atoms in total. The molecule has 1 saturated heterocycles. The highest BCUT2D eigenvalue weighted by atomic mass is 32.2. The molecule has 1 atom stereocenters. The highest BCUT2D eigenvalue weighted by molar-refractivity contribution is 7.89. The smallest absolute Gasteiger partial charge is 0.251 e. The molecular weight excluding hydrogens is 314 g/mol. The first-order chi connectivity index (χ1) is 11.0. The van der Waals surface area contributed by atoms with Crippen molar-refractivity contribution in [2.75, 3.05) is 13.1 Å². The van der Waals surface area contributed by atoms with E-state index in [2.05, 4.69) is 15.4 Å². The summed E-state index contributed by atoms with van der Waals surface area (Å²) < 4.78 is 27.2. The maximum atomic E-state index is 12.3. The summed E-state index contributed by atoms with van der Waals surface area (Å²) in [6.45, 7) is 1.34. The van der Waals surface area contributed by atoms with E-state index in [9.17, 15) is 13.2 Å². The van der Waals surface area contributed by atoms with Crippen LogP contribution in [0.4, 0.5) is 0 Å². The normalized spacial score (nSPS) is 21.8. The standard InChI is InChI=1S/C16H23N3O3S/c20-16(19-13-3-1-4-13)12-6-8-15(9-7-12)23(21,22)18-11-14-5-2-10-17-14/h6-9,13-14,17-18H,1-5,10-11H2,(H,19,20). The minimum absolute atomic E-state index is 0.137. The maximum Gasteiger partial charge on any atom is 0.251 e. The lowest BCUT2D eigenvalue weighted by Crippen LogP contribution is -2.39. The fourth-order valence-corrected chi connectivity index (χ4v) is 3.91. The van der Waals surface area contributed by atoms with Gasteiger partial charge in [0.15, 0.2) is 0 Å². The van der Waals surface area contributed by atoms with E-state index in [4.69, 9.17) is 0 Å². The highest BCUT2D eigenvalue weighted by Gasteiger charge is 2.21. The van der Waals surface area contributed by atoms with Crippen molar-refractivity contribution in [3.8, 4) is 0 Å². The predicted octanol–water partition coefficient (Wildman–Crippen LogP) is 0.999. The van der Waals surface area contributed by atoms with Crippen molar-refractivity contribution >= 4 is 15.9 Å². The third kappa shape index (κ3) is 4.10.